The zero-order chi connectivity index (χ0) is 27.6. The Morgan fingerprint density at radius 3 is 2.29 bits per heavy atom. The Labute approximate surface area is 223 Å². The number of nitrogens with zero attached hydrogens (tertiary/aromatic N) is 1. The highest BCUT2D eigenvalue weighted by molar-refractivity contribution is 6.17. The number of hydrogen-bond donors (Lipinski definition) is 2. The van der Waals surface area contributed by atoms with E-state index in [0.717, 1.165) is 16.9 Å². The number of Topliss-reactive ketones (excluding diaryl/α,β-unsaturated/α-hetero) is 1. The first-order valence-corrected chi connectivity index (χ1v) is 12.9. The van der Waals surface area contributed by atoms with Gasteiger partial charge in [-0.25, -0.2) is 0 Å². The van der Waals surface area contributed by atoms with Gasteiger partial charge in [0.15, 0.2) is 11.5 Å². The number of nitrogens with one attached hydrogen (secondary N) is 1. The summed E-state index contributed by atoms with van der Waals surface area (Å²) in [5.41, 5.74) is 3.00. The van der Waals surface area contributed by atoms with E-state index in [1.54, 1.807) is 26.0 Å². The van der Waals surface area contributed by atoms with Crippen molar-refractivity contribution >= 4 is 23.3 Å². The third-order valence-electron chi connectivity index (χ3n) is 6.59. The van der Waals surface area contributed by atoms with Gasteiger partial charge in [0.1, 0.15) is 11.5 Å². The predicted molar refractivity (Wildman–Crippen MR) is 147 cm³/mol. The van der Waals surface area contributed by atoms with Gasteiger partial charge in [0.25, 0.3) is 5.91 Å². The van der Waals surface area contributed by atoms with Crippen molar-refractivity contribution in [1.82, 2.24) is 5.32 Å². The summed E-state index contributed by atoms with van der Waals surface area (Å²) in [6, 6.07) is 17.7. The fourth-order valence-corrected chi connectivity index (χ4v) is 4.78. The van der Waals surface area contributed by atoms with Gasteiger partial charge in [-0.3, -0.25) is 19.3 Å². The minimum atomic E-state index is -0.821. The molecule has 1 aliphatic rings. The largest absolute Gasteiger partial charge is 0.503 e. The van der Waals surface area contributed by atoms with Crippen LogP contribution in [0.1, 0.15) is 57.0 Å². The van der Waals surface area contributed by atoms with Gasteiger partial charge in [0.05, 0.1) is 11.6 Å². The number of ketones is 1. The van der Waals surface area contributed by atoms with Crippen molar-refractivity contribution in [2.45, 2.75) is 59.5 Å². The van der Waals surface area contributed by atoms with Crippen LogP contribution in [0, 0.1) is 12.8 Å². The number of amides is 2. The molecular formula is C31H34N2O5. The predicted octanol–water partition coefficient (Wildman–Crippen LogP) is 5.84. The fraction of sp³-hybridized carbons (Fsp3) is 0.323. The molecule has 7 heteroatoms. The number of aryl methyl sites for hydroxylation is 2. The molecule has 2 heterocycles. The number of benzene rings is 2. The molecule has 2 N–H and O–H groups in total. The maximum absolute atomic E-state index is 13.5. The van der Waals surface area contributed by atoms with E-state index >= 15 is 0 Å². The van der Waals surface area contributed by atoms with Crippen LogP contribution in [-0.2, 0) is 20.8 Å². The third kappa shape index (κ3) is 5.42. The monoisotopic (exact) mass is 514 g/mol. The summed E-state index contributed by atoms with van der Waals surface area (Å²) in [7, 11) is 0. The summed E-state index contributed by atoms with van der Waals surface area (Å²) in [6.07, 6.45) is 0.685. The number of carbonyl (C=O) groups excluding carboxylic acids is 3. The number of hydrogen-bond acceptors (Lipinski definition) is 5. The number of rotatable bonds is 9. The molecule has 3 aromatic rings. The average Bonchev–Trinajstić information content (AvgIpc) is 3.43. The average molecular weight is 515 g/mol. The second kappa shape index (κ2) is 11.1. The molecule has 2 aromatic carbocycles. The second-order valence-corrected chi connectivity index (χ2v) is 10.2. The molecule has 0 aliphatic carbocycles. The smallest absolute Gasteiger partial charge is 0.294 e. The maximum atomic E-state index is 13.5. The van der Waals surface area contributed by atoms with E-state index in [1.807, 2.05) is 69.3 Å². The van der Waals surface area contributed by atoms with Crippen LogP contribution in [0.2, 0.25) is 0 Å². The molecule has 4 rings (SSSR count). The van der Waals surface area contributed by atoms with Crippen LogP contribution in [0.4, 0.5) is 5.69 Å². The van der Waals surface area contributed by atoms with Crippen molar-refractivity contribution in [2.24, 2.45) is 5.92 Å². The summed E-state index contributed by atoms with van der Waals surface area (Å²) in [6.45, 7) is 9.17. The molecule has 0 radical (unpaired) electrons. The van der Waals surface area contributed by atoms with Crippen molar-refractivity contribution in [3.63, 3.8) is 0 Å². The van der Waals surface area contributed by atoms with Crippen molar-refractivity contribution in [2.75, 3.05) is 4.90 Å². The Balaban J connectivity index is 1.76. The summed E-state index contributed by atoms with van der Waals surface area (Å²) in [5, 5.41) is 13.9. The van der Waals surface area contributed by atoms with Gasteiger partial charge in [-0.2, -0.15) is 0 Å². The zero-order valence-electron chi connectivity index (χ0n) is 22.4. The SMILES string of the molecule is Cc1ccc(-c2ccc(N3C(=O)C(O)=C(C(=O)C(C)C)C3c3ccccc3CCC(=O)NC(C)C)cc2)o1. The molecule has 7 nitrogen and oxygen atoms in total. The molecule has 0 bridgehead atoms. The van der Waals surface area contributed by atoms with E-state index in [4.69, 9.17) is 4.42 Å². The topological polar surface area (TPSA) is 99.9 Å². The van der Waals surface area contributed by atoms with Crippen molar-refractivity contribution in [1.29, 1.82) is 0 Å². The fourth-order valence-electron chi connectivity index (χ4n) is 4.78. The number of aliphatic hydroxyl groups is 1. The van der Waals surface area contributed by atoms with E-state index in [0.29, 0.717) is 23.4 Å². The zero-order valence-corrected chi connectivity index (χ0v) is 22.4. The van der Waals surface area contributed by atoms with Crippen LogP contribution < -0.4 is 10.2 Å². The van der Waals surface area contributed by atoms with E-state index in [9.17, 15) is 19.5 Å². The summed E-state index contributed by atoms with van der Waals surface area (Å²) < 4.78 is 5.72. The minimum Gasteiger partial charge on any atom is -0.503 e. The molecule has 1 aliphatic heterocycles. The number of anilines is 1. The van der Waals surface area contributed by atoms with Gasteiger partial charge in [0, 0.05) is 29.6 Å². The lowest BCUT2D eigenvalue weighted by Gasteiger charge is -2.29. The first kappa shape index (κ1) is 26.9. The van der Waals surface area contributed by atoms with Gasteiger partial charge >= 0.3 is 0 Å². The van der Waals surface area contributed by atoms with E-state index < -0.39 is 23.6 Å². The molecule has 0 fully saturated rings. The molecule has 198 valence electrons. The van der Waals surface area contributed by atoms with Crippen LogP contribution in [-0.4, -0.2) is 28.7 Å². The molecule has 1 unspecified atom stereocenters. The Morgan fingerprint density at radius 2 is 1.68 bits per heavy atom. The van der Waals surface area contributed by atoms with Crippen LogP contribution in [0.5, 0.6) is 0 Å². The first-order chi connectivity index (χ1) is 18.1. The first-order valence-electron chi connectivity index (χ1n) is 12.9. The molecule has 38 heavy (non-hydrogen) atoms. The van der Waals surface area contributed by atoms with E-state index in [2.05, 4.69) is 5.32 Å². The molecule has 0 spiro atoms. The number of aliphatic hydroxyl groups excluding tert-OH is 1. The molecule has 1 aromatic heterocycles. The third-order valence-corrected chi connectivity index (χ3v) is 6.59. The molecule has 1 atom stereocenters. The second-order valence-electron chi connectivity index (χ2n) is 10.2. The van der Waals surface area contributed by atoms with E-state index in [-0.39, 0.29) is 29.7 Å². The van der Waals surface area contributed by atoms with Gasteiger partial charge in [-0.05, 0) is 74.7 Å². The lowest BCUT2D eigenvalue weighted by Crippen LogP contribution is -2.32. The Bertz CT molecular complexity index is 1380. The highest BCUT2D eigenvalue weighted by Crippen LogP contribution is 2.43. The standard InChI is InChI=1S/C31H34N2O5/c1-18(2)29(35)27-28(24-9-7-6-8-21(24)13-17-26(34)32-19(3)4)33(31(37)30(27)36)23-14-11-22(12-15-23)25-16-10-20(5)38-25/h6-12,14-16,18-19,28,36H,13,17H2,1-5H3,(H,32,34). The lowest BCUT2D eigenvalue weighted by molar-refractivity contribution is -0.121. The van der Waals surface area contributed by atoms with Crippen molar-refractivity contribution in [3.8, 4) is 11.3 Å². The minimum absolute atomic E-state index is 0.0314. The van der Waals surface area contributed by atoms with Gasteiger partial charge < -0.3 is 14.8 Å². The van der Waals surface area contributed by atoms with Crippen LogP contribution in [0.15, 0.2) is 76.4 Å². The summed E-state index contributed by atoms with van der Waals surface area (Å²) in [4.78, 5) is 40.6. The van der Waals surface area contributed by atoms with Crippen LogP contribution in [0.3, 0.4) is 0 Å². The Hall–Kier alpha value is -4.13. The van der Waals surface area contributed by atoms with E-state index in [1.165, 1.54) is 4.90 Å². The quantitative estimate of drug-likeness (QED) is 0.374. The highest BCUT2D eigenvalue weighted by Gasteiger charge is 2.45. The molecule has 2 amide bonds. The number of carbonyl (C=O) groups is 3. The summed E-state index contributed by atoms with van der Waals surface area (Å²) in [5.74, 6) is -0.452. The van der Waals surface area contributed by atoms with Gasteiger partial charge in [-0.1, -0.05) is 38.1 Å². The summed E-state index contributed by atoms with van der Waals surface area (Å²) >= 11 is 0. The number of furan rings is 1. The maximum Gasteiger partial charge on any atom is 0.294 e. The van der Waals surface area contributed by atoms with Crippen LogP contribution in [0.25, 0.3) is 11.3 Å². The van der Waals surface area contributed by atoms with Crippen molar-refractivity contribution in [3.05, 3.63) is 88.9 Å². The lowest BCUT2D eigenvalue weighted by atomic mass is 9.87. The normalized spacial score (nSPS) is 15.6. The Kier molecular flexibility index (Phi) is 7.86. The van der Waals surface area contributed by atoms with Crippen LogP contribution >= 0.6 is 0 Å². The molecular weight excluding hydrogens is 480 g/mol. The highest BCUT2D eigenvalue weighted by atomic mass is 16.3. The molecule has 0 saturated carbocycles. The van der Waals surface area contributed by atoms with Gasteiger partial charge in [-0.15, -0.1) is 0 Å². The molecule has 0 saturated heterocycles. The van der Waals surface area contributed by atoms with Gasteiger partial charge in [0.2, 0.25) is 5.91 Å². The van der Waals surface area contributed by atoms with Crippen molar-refractivity contribution < 1.29 is 23.9 Å². The Morgan fingerprint density at radius 1 is 1.00 bits per heavy atom.